The number of ether oxygens (including phenoxy) is 2. The van der Waals surface area contributed by atoms with Crippen molar-refractivity contribution in [3.05, 3.63) is 11.1 Å². The Labute approximate surface area is 95.4 Å². The quantitative estimate of drug-likeness (QED) is 0.773. The van der Waals surface area contributed by atoms with Crippen LogP contribution in [-0.2, 0) is 12.8 Å². The molecule has 1 rings (SSSR count). The Kier molecular flexibility index (Phi) is 3.88. The molecule has 0 aromatic heterocycles. The fraction of sp³-hybridized carbons (Fsp3) is 0.500. The van der Waals surface area contributed by atoms with Gasteiger partial charge >= 0.3 is 0 Å². The molecule has 1 aromatic rings. The third-order valence-corrected chi connectivity index (χ3v) is 2.69. The number of aromatic hydroxyl groups is 2. The second kappa shape index (κ2) is 4.96. The lowest BCUT2D eigenvalue weighted by Gasteiger charge is -2.18. The van der Waals surface area contributed by atoms with Crippen molar-refractivity contribution in [1.82, 2.24) is 0 Å². The van der Waals surface area contributed by atoms with E-state index in [4.69, 9.17) is 9.47 Å². The Balaban J connectivity index is 3.61. The molecule has 0 spiro atoms. The standard InChI is InChI=1S/C12H18O4/c1-5-7-8(6-2)11(15-3)12(16-4)10(14)9(7)13/h13-14H,5-6H2,1-4H3. The molecule has 1 aromatic carbocycles. The number of hydrogen-bond donors (Lipinski definition) is 2. The SMILES string of the molecule is CCc1c(O)c(O)c(OC)c(OC)c1CC. The molecule has 2 N–H and O–H groups in total. The molecule has 0 atom stereocenters. The molecule has 90 valence electrons. The molecule has 0 saturated carbocycles. The van der Waals surface area contributed by atoms with Gasteiger partial charge in [-0.15, -0.1) is 0 Å². The zero-order valence-electron chi connectivity index (χ0n) is 10.1. The van der Waals surface area contributed by atoms with Crippen molar-refractivity contribution in [2.75, 3.05) is 14.2 Å². The van der Waals surface area contributed by atoms with Crippen LogP contribution in [0.5, 0.6) is 23.0 Å². The Morgan fingerprint density at radius 3 is 1.69 bits per heavy atom. The smallest absolute Gasteiger partial charge is 0.207 e. The van der Waals surface area contributed by atoms with Crippen LogP contribution in [0.4, 0.5) is 0 Å². The summed E-state index contributed by atoms with van der Waals surface area (Å²) in [7, 11) is 2.95. The van der Waals surface area contributed by atoms with Crippen LogP contribution in [0.3, 0.4) is 0 Å². The minimum Gasteiger partial charge on any atom is -0.504 e. The van der Waals surface area contributed by atoms with Crippen molar-refractivity contribution in [3.63, 3.8) is 0 Å². The van der Waals surface area contributed by atoms with E-state index in [-0.39, 0.29) is 17.2 Å². The first-order valence-corrected chi connectivity index (χ1v) is 5.29. The highest BCUT2D eigenvalue weighted by atomic mass is 16.5. The maximum atomic E-state index is 9.86. The number of phenolic OH excluding ortho intramolecular Hbond substituents is 2. The van der Waals surface area contributed by atoms with Crippen LogP contribution >= 0.6 is 0 Å². The van der Waals surface area contributed by atoms with Gasteiger partial charge in [0.15, 0.2) is 11.5 Å². The topological polar surface area (TPSA) is 58.9 Å². The van der Waals surface area contributed by atoms with Crippen LogP contribution in [-0.4, -0.2) is 24.4 Å². The average Bonchev–Trinajstić information content (AvgIpc) is 2.31. The molecule has 0 radical (unpaired) electrons. The van der Waals surface area contributed by atoms with Gasteiger partial charge in [0.2, 0.25) is 11.5 Å². The molecular weight excluding hydrogens is 208 g/mol. The Hall–Kier alpha value is -1.58. The molecule has 16 heavy (non-hydrogen) atoms. The van der Waals surface area contributed by atoms with Gasteiger partial charge in [-0.05, 0) is 12.8 Å². The summed E-state index contributed by atoms with van der Waals surface area (Å²) in [5, 5.41) is 19.6. The van der Waals surface area contributed by atoms with Crippen molar-refractivity contribution in [3.8, 4) is 23.0 Å². The predicted octanol–water partition coefficient (Wildman–Crippen LogP) is 2.24. The lowest BCUT2D eigenvalue weighted by Crippen LogP contribution is -2.01. The van der Waals surface area contributed by atoms with Gasteiger partial charge in [0.05, 0.1) is 14.2 Å². The molecule has 0 heterocycles. The fourth-order valence-electron chi connectivity index (χ4n) is 1.94. The van der Waals surface area contributed by atoms with Gasteiger partial charge in [-0.25, -0.2) is 0 Å². The predicted molar refractivity (Wildman–Crippen MR) is 61.6 cm³/mol. The van der Waals surface area contributed by atoms with Crippen LogP contribution in [0.15, 0.2) is 0 Å². The molecule has 0 fully saturated rings. The molecule has 0 saturated heterocycles. The summed E-state index contributed by atoms with van der Waals surface area (Å²) in [5.74, 6) is 0.316. The zero-order chi connectivity index (χ0) is 12.3. The van der Waals surface area contributed by atoms with Crippen molar-refractivity contribution >= 4 is 0 Å². The highest BCUT2D eigenvalue weighted by Gasteiger charge is 2.23. The summed E-state index contributed by atoms with van der Waals surface area (Å²) in [6.07, 6.45) is 1.33. The summed E-state index contributed by atoms with van der Waals surface area (Å²) in [6, 6.07) is 0. The zero-order valence-corrected chi connectivity index (χ0v) is 10.1. The molecule has 0 aliphatic carbocycles. The molecular formula is C12H18O4. The molecule has 0 aliphatic heterocycles. The maximum absolute atomic E-state index is 9.86. The van der Waals surface area contributed by atoms with E-state index >= 15 is 0 Å². The minimum atomic E-state index is -0.256. The second-order valence-electron chi connectivity index (χ2n) is 3.43. The Morgan fingerprint density at radius 2 is 1.31 bits per heavy atom. The van der Waals surface area contributed by atoms with E-state index < -0.39 is 0 Å². The highest BCUT2D eigenvalue weighted by Crippen LogP contribution is 2.48. The summed E-state index contributed by atoms with van der Waals surface area (Å²) in [4.78, 5) is 0. The van der Waals surface area contributed by atoms with E-state index in [0.717, 1.165) is 5.56 Å². The van der Waals surface area contributed by atoms with E-state index in [0.29, 0.717) is 24.2 Å². The second-order valence-corrected chi connectivity index (χ2v) is 3.43. The van der Waals surface area contributed by atoms with Crippen LogP contribution in [0, 0.1) is 0 Å². The maximum Gasteiger partial charge on any atom is 0.207 e. The van der Waals surface area contributed by atoms with Gasteiger partial charge in [0, 0.05) is 11.1 Å². The molecule has 0 aliphatic rings. The largest absolute Gasteiger partial charge is 0.504 e. The number of methoxy groups -OCH3 is 2. The fourth-order valence-corrected chi connectivity index (χ4v) is 1.94. The lowest BCUT2D eigenvalue weighted by molar-refractivity contribution is 0.317. The van der Waals surface area contributed by atoms with Crippen molar-refractivity contribution in [1.29, 1.82) is 0 Å². The van der Waals surface area contributed by atoms with Gasteiger partial charge in [-0.2, -0.15) is 0 Å². The summed E-state index contributed by atoms with van der Waals surface area (Å²) < 4.78 is 10.3. The number of rotatable bonds is 4. The third kappa shape index (κ3) is 1.75. The van der Waals surface area contributed by atoms with Crippen molar-refractivity contribution < 1.29 is 19.7 Å². The first-order chi connectivity index (χ1) is 7.62. The Bertz CT molecular complexity index is 348. The molecule has 0 bridgehead atoms. The van der Waals surface area contributed by atoms with Gasteiger partial charge < -0.3 is 19.7 Å². The Morgan fingerprint density at radius 1 is 0.812 bits per heavy atom. The van der Waals surface area contributed by atoms with Gasteiger partial charge in [0.25, 0.3) is 0 Å². The van der Waals surface area contributed by atoms with Gasteiger partial charge in [-0.3, -0.25) is 0 Å². The lowest BCUT2D eigenvalue weighted by atomic mass is 9.99. The van der Waals surface area contributed by atoms with Crippen molar-refractivity contribution in [2.24, 2.45) is 0 Å². The molecule has 4 heteroatoms. The summed E-state index contributed by atoms with van der Waals surface area (Å²) in [5.41, 5.74) is 1.58. The third-order valence-electron chi connectivity index (χ3n) is 2.69. The highest BCUT2D eigenvalue weighted by molar-refractivity contribution is 5.66. The number of phenols is 2. The van der Waals surface area contributed by atoms with E-state index in [1.807, 2.05) is 13.8 Å². The summed E-state index contributed by atoms with van der Waals surface area (Å²) >= 11 is 0. The number of benzene rings is 1. The molecule has 0 amide bonds. The normalized spacial score (nSPS) is 10.2. The van der Waals surface area contributed by atoms with E-state index in [1.54, 1.807) is 0 Å². The van der Waals surface area contributed by atoms with Gasteiger partial charge in [0.1, 0.15) is 0 Å². The minimum absolute atomic E-state index is 0.114. The molecule has 4 nitrogen and oxygen atoms in total. The van der Waals surface area contributed by atoms with Crippen LogP contribution in [0.1, 0.15) is 25.0 Å². The van der Waals surface area contributed by atoms with Crippen LogP contribution in [0.25, 0.3) is 0 Å². The van der Waals surface area contributed by atoms with Crippen LogP contribution in [0.2, 0.25) is 0 Å². The average molecular weight is 226 g/mol. The van der Waals surface area contributed by atoms with Crippen molar-refractivity contribution in [2.45, 2.75) is 26.7 Å². The first kappa shape index (κ1) is 12.5. The van der Waals surface area contributed by atoms with Gasteiger partial charge in [-0.1, -0.05) is 13.8 Å². The van der Waals surface area contributed by atoms with E-state index in [1.165, 1.54) is 14.2 Å². The van der Waals surface area contributed by atoms with Crippen LogP contribution < -0.4 is 9.47 Å². The summed E-state index contributed by atoms with van der Waals surface area (Å²) in [6.45, 7) is 3.88. The monoisotopic (exact) mass is 226 g/mol. The first-order valence-electron chi connectivity index (χ1n) is 5.29. The van der Waals surface area contributed by atoms with E-state index in [9.17, 15) is 10.2 Å². The number of hydrogen-bond acceptors (Lipinski definition) is 4. The molecule has 0 unspecified atom stereocenters. The van der Waals surface area contributed by atoms with E-state index in [2.05, 4.69) is 0 Å².